The van der Waals surface area contributed by atoms with Crippen LogP contribution in [0.15, 0.2) is 64.5 Å². The van der Waals surface area contributed by atoms with Crippen LogP contribution in [0.4, 0.5) is 0 Å². The number of hydrogen-bond donors (Lipinski definition) is 1. The molecule has 0 aliphatic carbocycles. The average Bonchev–Trinajstić information content (AvgIpc) is 2.74. The van der Waals surface area contributed by atoms with E-state index in [0.29, 0.717) is 27.1 Å². The van der Waals surface area contributed by atoms with Gasteiger partial charge in [0, 0.05) is 21.9 Å². The Bertz CT molecular complexity index is 1270. The Morgan fingerprint density at radius 3 is 2.35 bits per heavy atom. The Kier molecular flexibility index (Phi) is 6.44. The molecule has 0 atom stereocenters. The molecule has 0 radical (unpaired) electrons. The predicted octanol–water partition coefficient (Wildman–Crippen LogP) is 6.75. The summed E-state index contributed by atoms with van der Waals surface area (Å²) in [5, 5.41) is 1.75. The van der Waals surface area contributed by atoms with Crippen LogP contribution in [0.2, 0.25) is 5.02 Å². The summed E-state index contributed by atoms with van der Waals surface area (Å²) in [5.74, 6) is 1.50. The van der Waals surface area contributed by atoms with Gasteiger partial charge in [-0.2, -0.15) is 0 Å². The van der Waals surface area contributed by atoms with Gasteiger partial charge < -0.3 is 4.98 Å². The summed E-state index contributed by atoms with van der Waals surface area (Å²) < 4.78 is 0. The molecule has 0 saturated carbocycles. The van der Waals surface area contributed by atoms with Crippen LogP contribution in [-0.2, 0) is 0 Å². The maximum Gasteiger partial charge on any atom is 0.261 e. The monoisotopic (exact) mass is 449 g/mol. The second kappa shape index (κ2) is 9.25. The van der Waals surface area contributed by atoms with Crippen LogP contribution in [-0.4, -0.2) is 20.7 Å². The summed E-state index contributed by atoms with van der Waals surface area (Å²) in [6.45, 7) is 6.42. The summed E-state index contributed by atoms with van der Waals surface area (Å²) in [7, 11) is 0. The number of aryl methyl sites for hydroxylation is 1. The fourth-order valence-corrected chi connectivity index (χ4v) is 4.53. The smallest absolute Gasteiger partial charge is 0.261 e. The van der Waals surface area contributed by atoms with E-state index in [9.17, 15) is 4.79 Å². The van der Waals surface area contributed by atoms with Crippen LogP contribution < -0.4 is 5.56 Å². The number of hydrogen-bond acceptors (Lipinski definition) is 4. The molecule has 6 heteroatoms. The molecule has 0 amide bonds. The zero-order valence-corrected chi connectivity index (χ0v) is 19.3. The van der Waals surface area contributed by atoms with Gasteiger partial charge in [0.1, 0.15) is 0 Å². The van der Waals surface area contributed by atoms with Crippen molar-refractivity contribution in [1.29, 1.82) is 0 Å². The fraction of sp³-hybridized carbons (Fsp3) is 0.240. The SMILES string of the molecule is Cc1ccc(-c2cc(-c3ccc(Cl)cc3)c3c(=O)[nH]c(SCCC(C)C)nc3n2)cc1. The van der Waals surface area contributed by atoms with Gasteiger partial charge in [0.15, 0.2) is 10.8 Å². The fourth-order valence-electron chi connectivity index (χ4n) is 3.31. The van der Waals surface area contributed by atoms with E-state index < -0.39 is 0 Å². The minimum Gasteiger partial charge on any atom is -0.301 e. The predicted molar refractivity (Wildman–Crippen MR) is 131 cm³/mol. The zero-order valence-electron chi connectivity index (χ0n) is 17.8. The molecule has 0 aliphatic heterocycles. The lowest BCUT2D eigenvalue weighted by molar-refractivity contribution is 0.631. The summed E-state index contributed by atoms with van der Waals surface area (Å²) >= 11 is 7.65. The summed E-state index contributed by atoms with van der Waals surface area (Å²) in [6, 6.07) is 17.6. The number of fused-ring (bicyclic) bond motifs is 1. The number of aromatic amines is 1. The van der Waals surface area contributed by atoms with Crippen LogP contribution in [0.5, 0.6) is 0 Å². The molecule has 4 nitrogen and oxygen atoms in total. The number of nitrogens with one attached hydrogen (secondary N) is 1. The minimum absolute atomic E-state index is 0.176. The van der Waals surface area contributed by atoms with Crippen LogP contribution in [0.25, 0.3) is 33.4 Å². The highest BCUT2D eigenvalue weighted by Crippen LogP contribution is 2.31. The number of pyridine rings is 1. The van der Waals surface area contributed by atoms with Crippen LogP contribution in [0.1, 0.15) is 25.8 Å². The molecule has 4 rings (SSSR count). The Balaban J connectivity index is 1.89. The maximum absolute atomic E-state index is 13.1. The van der Waals surface area contributed by atoms with Gasteiger partial charge in [-0.25, -0.2) is 9.97 Å². The number of benzene rings is 2. The molecule has 0 aliphatic rings. The normalized spacial score (nSPS) is 11.4. The van der Waals surface area contributed by atoms with E-state index in [0.717, 1.165) is 34.6 Å². The van der Waals surface area contributed by atoms with Crippen molar-refractivity contribution in [3.63, 3.8) is 0 Å². The van der Waals surface area contributed by atoms with Gasteiger partial charge in [-0.1, -0.05) is 79.2 Å². The first-order valence-corrected chi connectivity index (χ1v) is 11.7. The van der Waals surface area contributed by atoms with Crippen molar-refractivity contribution in [2.45, 2.75) is 32.3 Å². The standard InChI is InChI=1S/C25H24ClN3OS/c1-15(2)12-13-31-25-28-23-22(24(30)29-25)20(17-8-10-19(26)11-9-17)14-21(27-23)18-6-4-16(3)5-7-18/h4-11,14-15H,12-13H2,1-3H3,(H,27,28,29,30). The van der Waals surface area contributed by atoms with Gasteiger partial charge in [-0.15, -0.1) is 0 Å². The minimum atomic E-state index is -0.176. The first-order valence-electron chi connectivity index (χ1n) is 10.3. The third-order valence-corrected chi connectivity index (χ3v) is 6.25. The Morgan fingerprint density at radius 1 is 1.00 bits per heavy atom. The molecule has 4 aromatic rings. The van der Waals surface area contributed by atoms with Gasteiger partial charge in [0.2, 0.25) is 0 Å². The molecular weight excluding hydrogens is 426 g/mol. The van der Waals surface area contributed by atoms with Crippen molar-refractivity contribution in [2.75, 3.05) is 5.75 Å². The van der Waals surface area contributed by atoms with E-state index in [-0.39, 0.29) is 5.56 Å². The third kappa shape index (κ3) is 5.00. The lowest BCUT2D eigenvalue weighted by Crippen LogP contribution is -2.12. The Morgan fingerprint density at radius 2 is 1.68 bits per heavy atom. The number of nitrogens with zero attached hydrogens (tertiary/aromatic N) is 2. The van der Waals surface area contributed by atoms with Gasteiger partial charge in [-0.05, 0) is 43.0 Å². The van der Waals surface area contributed by atoms with E-state index in [1.165, 1.54) is 5.56 Å². The molecule has 2 aromatic carbocycles. The number of rotatable bonds is 6. The first kappa shape index (κ1) is 21.6. The third-order valence-electron chi connectivity index (χ3n) is 5.09. The molecule has 2 aromatic heterocycles. The summed E-state index contributed by atoms with van der Waals surface area (Å²) in [4.78, 5) is 25.5. The van der Waals surface area contributed by atoms with Gasteiger partial charge in [0.25, 0.3) is 5.56 Å². The molecular formula is C25H24ClN3OS. The lowest BCUT2D eigenvalue weighted by Gasteiger charge is -2.11. The quantitative estimate of drug-likeness (QED) is 0.261. The van der Waals surface area contributed by atoms with Crippen molar-refractivity contribution in [3.05, 3.63) is 75.5 Å². The van der Waals surface area contributed by atoms with E-state index in [4.69, 9.17) is 21.6 Å². The average molecular weight is 450 g/mol. The summed E-state index contributed by atoms with van der Waals surface area (Å²) in [5.41, 5.74) is 4.93. The van der Waals surface area contributed by atoms with Crippen molar-refractivity contribution in [3.8, 4) is 22.4 Å². The maximum atomic E-state index is 13.1. The lowest BCUT2D eigenvalue weighted by atomic mass is 10.00. The molecule has 0 saturated heterocycles. The van der Waals surface area contributed by atoms with Crippen molar-refractivity contribution < 1.29 is 0 Å². The highest BCUT2D eigenvalue weighted by atomic mass is 35.5. The number of thioether (sulfide) groups is 1. The number of aromatic nitrogens is 3. The Hall–Kier alpha value is -2.63. The highest BCUT2D eigenvalue weighted by molar-refractivity contribution is 7.99. The topological polar surface area (TPSA) is 58.6 Å². The summed E-state index contributed by atoms with van der Waals surface area (Å²) in [6.07, 6.45) is 1.05. The zero-order chi connectivity index (χ0) is 22.0. The molecule has 0 fully saturated rings. The van der Waals surface area contributed by atoms with E-state index >= 15 is 0 Å². The molecule has 0 bridgehead atoms. The molecule has 31 heavy (non-hydrogen) atoms. The van der Waals surface area contributed by atoms with Gasteiger partial charge in [-0.3, -0.25) is 4.79 Å². The van der Waals surface area contributed by atoms with Crippen molar-refractivity contribution >= 4 is 34.4 Å². The first-order chi connectivity index (χ1) is 14.9. The van der Waals surface area contributed by atoms with Crippen LogP contribution >= 0.6 is 23.4 Å². The molecule has 0 unspecified atom stereocenters. The molecule has 2 heterocycles. The highest BCUT2D eigenvalue weighted by Gasteiger charge is 2.15. The van der Waals surface area contributed by atoms with E-state index in [1.807, 2.05) is 42.5 Å². The number of halogens is 1. The van der Waals surface area contributed by atoms with Crippen molar-refractivity contribution in [2.24, 2.45) is 5.92 Å². The Labute approximate surface area is 191 Å². The van der Waals surface area contributed by atoms with Crippen LogP contribution in [0, 0.1) is 12.8 Å². The molecule has 158 valence electrons. The van der Waals surface area contributed by atoms with Crippen LogP contribution in [0.3, 0.4) is 0 Å². The van der Waals surface area contributed by atoms with Gasteiger partial charge >= 0.3 is 0 Å². The largest absolute Gasteiger partial charge is 0.301 e. The van der Waals surface area contributed by atoms with Crippen molar-refractivity contribution in [1.82, 2.24) is 15.0 Å². The van der Waals surface area contributed by atoms with Gasteiger partial charge in [0.05, 0.1) is 11.1 Å². The van der Waals surface area contributed by atoms with E-state index in [2.05, 4.69) is 37.9 Å². The number of H-pyrrole nitrogens is 1. The second-order valence-electron chi connectivity index (χ2n) is 8.03. The second-order valence-corrected chi connectivity index (χ2v) is 9.55. The molecule has 1 N–H and O–H groups in total. The molecule has 0 spiro atoms. The van der Waals surface area contributed by atoms with E-state index in [1.54, 1.807) is 11.8 Å².